The summed E-state index contributed by atoms with van der Waals surface area (Å²) in [7, 11) is 1.35. The molecule has 1 aliphatic heterocycles. The van der Waals surface area contributed by atoms with Crippen LogP contribution in [0.4, 0.5) is 0 Å². The molecular formula is C20H24N2O5S. The van der Waals surface area contributed by atoms with Gasteiger partial charge in [-0.15, -0.1) is 0 Å². The van der Waals surface area contributed by atoms with Gasteiger partial charge in [-0.05, 0) is 12.3 Å². The highest BCUT2D eigenvalue weighted by Crippen LogP contribution is 2.37. The summed E-state index contributed by atoms with van der Waals surface area (Å²) in [4.78, 5) is 29.2. The van der Waals surface area contributed by atoms with Gasteiger partial charge in [0.2, 0.25) is 12.7 Å². The predicted molar refractivity (Wildman–Crippen MR) is 104 cm³/mol. The first-order valence-corrected chi connectivity index (χ1v) is 10.5. The first-order chi connectivity index (χ1) is 13.6. The number of thiazole rings is 1. The molecule has 2 aliphatic rings. The van der Waals surface area contributed by atoms with Gasteiger partial charge in [-0.2, -0.15) is 4.99 Å². The number of benzene rings is 1. The molecule has 8 heteroatoms. The van der Waals surface area contributed by atoms with Crippen LogP contribution in [-0.4, -0.2) is 30.3 Å². The highest BCUT2D eigenvalue weighted by molar-refractivity contribution is 7.16. The van der Waals surface area contributed by atoms with Crippen LogP contribution in [0.5, 0.6) is 11.5 Å². The summed E-state index contributed by atoms with van der Waals surface area (Å²) in [6, 6.07) is 3.68. The van der Waals surface area contributed by atoms with Crippen LogP contribution in [0.3, 0.4) is 0 Å². The second-order valence-corrected chi connectivity index (χ2v) is 8.28. The van der Waals surface area contributed by atoms with E-state index in [0.29, 0.717) is 28.6 Å². The van der Waals surface area contributed by atoms with Crippen LogP contribution in [0, 0.1) is 5.92 Å². The van der Waals surface area contributed by atoms with Crippen LogP contribution in [0.25, 0.3) is 10.2 Å². The molecule has 0 N–H and O–H groups in total. The summed E-state index contributed by atoms with van der Waals surface area (Å²) in [6.45, 7) is 0.172. The Morgan fingerprint density at radius 2 is 1.96 bits per heavy atom. The second kappa shape index (κ2) is 8.34. The van der Waals surface area contributed by atoms with Crippen molar-refractivity contribution in [1.29, 1.82) is 0 Å². The van der Waals surface area contributed by atoms with Gasteiger partial charge in [0, 0.05) is 18.6 Å². The number of aromatic nitrogens is 1. The first-order valence-electron chi connectivity index (χ1n) is 9.71. The highest BCUT2D eigenvalue weighted by Gasteiger charge is 2.20. The van der Waals surface area contributed by atoms with Gasteiger partial charge in [0.1, 0.15) is 6.54 Å². The molecule has 2 heterocycles. The number of hydrogen-bond acceptors (Lipinski definition) is 6. The minimum Gasteiger partial charge on any atom is -0.468 e. The van der Waals surface area contributed by atoms with Crippen molar-refractivity contribution >= 4 is 33.4 Å². The summed E-state index contributed by atoms with van der Waals surface area (Å²) in [5.74, 6) is 1.38. The third kappa shape index (κ3) is 4.06. The van der Waals surface area contributed by atoms with E-state index >= 15 is 0 Å². The third-order valence-corrected chi connectivity index (χ3v) is 6.44. The summed E-state index contributed by atoms with van der Waals surface area (Å²) in [5, 5.41) is 0. The molecule has 0 radical (unpaired) electrons. The van der Waals surface area contributed by atoms with E-state index in [1.54, 1.807) is 4.57 Å². The molecule has 1 aliphatic carbocycles. The Kier molecular flexibility index (Phi) is 5.66. The highest BCUT2D eigenvalue weighted by atomic mass is 32.1. The molecule has 0 spiro atoms. The van der Waals surface area contributed by atoms with Crippen LogP contribution >= 0.6 is 11.3 Å². The van der Waals surface area contributed by atoms with E-state index in [9.17, 15) is 9.59 Å². The lowest BCUT2D eigenvalue weighted by molar-refractivity contribution is -0.141. The molecule has 0 saturated heterocycles. The lowest BCUT2D eigenvalue weighted by Crippen LogP contribution is -2.22. The Labute approximate surface area is 166 Å². The quantitative estimate of drug-likeness (QED) is 0.714. The van der Waals surface area contributed by atoms with Crippen molar-refractivity contribution < 1.29 is 23.8 Å². The molecular weight excluding hydrogens is 380 g/mol. The van der Waals surface area contributed by atoms with E-state index in [4.69, 9.17) is 14.2 Å². The lowest BCUT2D eigenvalue weighted by Gasteiger charge is -2.20. The largest absolute Gasteiger partial charge is 0.468 e. The monoisotopic (exact) mass is 404 g/mol. The first kappa shape index (κ1) is 19.0. The zero-order valence-electron chi connectivity index (χ0n) is 15.9. The number of rotatable bonds is 5. The van der Waals surface area contributed by atoms with Crippen LogP contribution in [0.1, 0.15) is 44.9 Å². The van der Waals surface area contributed by atoms with Gasteiger partial charge in [0.15, 0.2) is 16.3 Å². The minimum atomic E-state index is -0.395. The van der Waals surface area contributed by atoms with Gasteiger partial charge in [-0.25, -0.2) is 0 Å². The number of methoxy groups -OCH3 is 1. The van der Waals surface area contributed by atoms with E-state index in [1.807, 2.05) is 12.1 Å². The topological polar surface area (TPSA) is 79.1 Å². The average Bonchev–Trinajstić information content (AvgIpc) is 3.29. The number of fused-ring (bicyclic) bond motifs is 2. The van der Waals surface area contributed by atoms with Crippen molar-refractivity contribution in [3.05, 3.63) is 16.9 Å². The van der Waals surface area contributed by atoms with Gasteiger partial charge in [0.05, 0.1) is 17.3 Å². The second-order valence-electron chi connectivity index (χ2n) is 7.27. The SMILES string of the molecule is COC(=O)Cn1c(=NC(=O)CCC2CCCCC2)sc2cc3c(cc21)OCO3. The number of esters is 1. The fraction of sp³-hybridized carbons (Fsp3) is 0.550. The Balaban J connectivity index is 1.62. The molecule has 1 aromatic carbocycles. The smallest absolute Gasteiger partial charge is 0.325 e. The number of amides is 1. The van der Waals surface area contributed by atoms with Crippen molar-refractivity contribution in [2.45, 2.75) is 51.5 Å². The fourth-order valence-electron chi connectivity index (χ4n) is 3.86. The van der Waals surface area contributed by atoms with Crippen molar-refractivity contribution in [2.24, 2.45) is 10.9 Å². The number of carbonyl (C=O) groups excluding carboxylic acids is 2. The Morgan fingerprint density at radius 3 is 2.71 bits per heavy atom. The van der Waals surface area contributed by atoms with Gasteiger partial charge < -0.3 is 18.8 Å². The summed E-state index contributed by atoms with van der Waals surface area (Å²) < 4.78 is 18.3. The van der Waals surface area contributed by atoms with Crippen molar-refractivity contribution in [1.82, 2.24) is 4.57 Å². The zero-order valence-corrected chi connectivity index (χ0v) is 16.8. The zero-order chi connectivity index (χ0) is 19.5. The van der Waals surface area contributed by atoms with Gasteiger partial charge in [0.25, 0.3) is 0 Å². The van der Waals surface area contributed by atoms with Crippen LogP contribution in [0.15, 0.2) is 17.1 Å². The van der Waals surface area contributed by atoms with E-state index in [2.05, 4.69) is 4.99 Å². The van der Waals surface area contributed by atoms with Crippen LogP contribution in [0.2, 0.25) is 0 Å². The Hall–Kier alpha value is -2.35. The van der Waals surface area contributed by atoms with E-state index in [1.165, 1.54) is 50.6 Å². The Bertz CT molecular complexity index is 955. The molecule has 4 rings (SSSR count). The predicted octanol–water partition coefficient (Wildman–Crippen LogP) is 3.39. The van der Waals surface area contributed by atoms with Gasteiger partial charge in [-0.1, -0.05) is 43.4 Å². The molecule has 150 valence electrons. The van der Waals surface area contributed by atoms with E-state index in [0.717, 1.165) is 16.6 Å². The molecule has 2 aromatic rings. The molecule has 0 atom stereocenters. The molecule has 1 amide bonds. The van der Waals surface area contributed by atoms with Crippen LogP contribution in [-0.2, 0) is 20.9 Å². The van der Waals surface area contributed by atoms with E-state index < -0.39 is 5.97 Å². The summed E-state index contributed by atoms with van der Waals surface area (Å²) >= 11 is 1.36. The minimum absolute atomic E-state index is 0.00905. The summed E-state index contributed by atoms with van der Waals surface area (Å²) in [6.07, 6.45) is 7.59. The molecule has 0 unspecified atom stereocenters. The van der Waals surface area contributed by atoms with E-state index in [-0.39, 0.29) is 19.2 Å². The molecule has 28 heavy (non-hydrogen) atoms. The molecule has 7 nitrogen and oxygen atoms in total. The summed E-state index contributed by atoms with van der Waals surface area (Å²) in [5.41, 5.74) is 0.776. The number of hydrogen-bond donors (Lipinski definition) is 0. The maximum atomic E-state index is 12.5. The Morgan fingerprint density at radius 1 is 1.21 bits per heavy atom. The molecule has 0 bridgehead atoms. The standard InChI is InChI=1S/C20H24N2O5S/c1-25-19(24)11-22-14-9-15-16(27-12-26-15)10-17(14)28-20(22)21-18(23)8-7-13-5-3-2-4-6-13/h9-10,13H,2-8,11-12H2,1H3. The number of carbonyl (C=O) groups is 2. The normalized spacial score (nSPS) is 17.2. The fourth-order valence-corrected chi connectivity index (χ4v) is 4.91. The van der Waals surface area contributed by atoms with Gasteiger partial charge >= 0.3 is 5.97 Å². The van der Waals surface area contributed by atoms with Crippen molar-refractivity contribution in [2.75, 3.05) is 13.9 Å². The third-order valence-electron chi connectivity index (χ3n) is 5.40. The molecule has 1 aromatic heterocycles. The molecule has 1 saturated carbocycles. The van der Waals surface area contributed by atoms with Crippen LogP contribution < -0.4 is 14.3 Å². The maximum absolute atomic E-state index is 12.5. The van der Waals surface area contributed by atoms with Gasteiger partial charge in [-0.3, -0.25) is 9.59 Å². The average molecular weight is 404 g/mol. The maximum Gasteiger partial charge on any atom is 0.325 e. The number of ether oxygens (including phenoxy) is 3. The van der Waals surface area contributed by atoms with Crippen molar-refractivity contribution in [3.8, 4) is 11.5 Å². The molecule has 1 fully saturated rings. The lowest BCUT2D eigenvalue weighted by atomic mass is 9.86. The number of nitrogens with zero attached hydrogens (tertiary/aromatic N) is 2. The van der Waals surface area contributed by atoms with Crippen molar-refractivity contribution in [3.63, 3.8) is 0 Å².